The van der Waals surface area contributed by atoms with Gasteiger partial charge in [-0.3, -0.25) is 4.79 Å². The first-order valence-electron chi connectivity index (χ1n) is 8.50. The van der Waals surface area contributed by atoms with E-state index in [1.807, 2.05) is 6.08 Å². The molecule has 140 valence electrons. The number of benzene rings is 1. The van der Waals surface area contributed by atoms with Crippen molar-refractivity contribution in [2.45, 2.75) is 32.5 Å². The molecule has 2 atom stereocenters. The second kappa shape index (κ2) is 7.47. The Labute approximate surface area is 151 Å². The minimum Gasteiger partial charge on any atom is -0.496 e. The number of ether oxygens (including phenoxy) is 3. The Morgan fingerprint density at radius 3 is 2.92 bits per heavy atom. The van der Waals surface area contributed by atoms with E-state index in [1.54, 1.807) is 13.0 Å². The Hall–Kier alpha value is -2.38. The molecule has 2 aliphatic rings. The highest BCUT2D eigenvalue weighted by Gasteiger charge is 2.33. The normalized spacial score (nSPS) is 23.7. The van der Waals surface area contributed by atoms with Crippen molar-refractivity contribution in [2.75, 3.05) is 20.3 Å². The second-order valence-electron chi connectivity index (χ2n) is 6.52. The summed E-state index contributed by atoms with van der Waals surface area (Å²) in [5, 5.41) is 19.0. The first kappa shape index (κ1) is 18.4. The molecule has 7 heteroatoms. The SMILES string of the molecule is COc1c(CC=C2CCOCC2CC(=O)O)cc2c(c1C)C(O)OC2=O. The highest BCUT2D eigenvalue weighted by molar-refractivity contribution is 5.95. The van der Waals surface area contributed by atoms with Crippen LogP contribution in [0.5, 0.6) is 5.75 Å². The molecule has 7 nitrogen and oxygen atoms in total. The van der Waals surface area contributed by atoms with Gasteiger partial charge in [-0.05, 0) is 31.4 Å². The number of carboxylic acids is 1. The number of aliphatic carboxylic acids is 1. The standard InChI is InChI=1S/C19H22O7/c1-10-16-14(18(22)26-19(16)23)7-12(17(10)24-2)4-3-11-5-6-25-9-13(11)8-15(20)21/h3,7,13,19,23H,4-6,8-9H2,1-2H3,(H,20,21). The van der Waals surface area contributed by atoms with E-state index in [0.29, 0.717) is 48.5 Å². The Morgan fingerprint density at radius 1 is 1.46 bits per heavy atom. The Kier molecular flexibility index (Phi) is 5.29. The average Bonchev–Trinajstić information content (AvgIpc) is 2.88. The van der Waals surface area contributed by atoms with E-state index in [4.69, 9.17) is 19.3 Å². The van der Waals surface area contributed by atoms with Crippen molar-refractivity contribution in [3.63, 3.8) is 0 Å². The fourth-order valence-corrected chi connectivity index (χ4v) is 3.67. The van der Waals surface area contributed by atoms with Gasteiger partial charge in [-0.25, -0.2) is 4.79 Å². The predicted octanol–water partition coefficient (Wildman–Crippen LogP) is 2.15. The van der Waals surface area contributed by atoms with Crippen molar-refractivity contribution >= 4 is 11.9 Å². The summed E-state index contributed by atoms with van der Waals surface area (Å²) < 4.78 is 15.8. The van der Waals surface area contributed by atoms with Crippen LogP contribution in [-0.2, 0) is 20.7 Å². The van der Waals surface area contributed by atoms with Crippen LogP contribution in [-0.4, -0.2) is 42.5 Å². The number of allylic oxidation sites excluding steroid dienone is 1. The number of cyclic esters (lactones) is 1. The van der Waals surface area contributed by atoms with Crippen molar-refractivity contribution in [3.05, 3.63) is 40.0 Å². The van der Waals surface area contributed by atoms with Crippen molar-refractivity contribution in [2.24, 2.45) is 5.92 Å². The fraction of sp³-hybridized carbons (Fsp3) is 0.474. The van der Waals surface area contributed by atoms with E-state index < -0.39 is 18.2 Å². The molecule has 3 rings (SSSR count). The van der Waals surface area contributed by atoms with E-state index >= 15 is 0 Å². The molecule has 0 saturated carbocycles. The number of methoxy groups -OCH3 is 1. The molecule has 2 heterocycles. The summed E-state index contributed by atoms with van der Waals surface area (Å²) in [7, 11) is 1.54. The van der Waals surface area contributed by atoms with Crippen LogP contribution in [0.25, 0.3) is 0 Å². The van der Waals surface area contributed by atoms with Crippen LogP contribution in [0.4, 0.5) is 0 Å². The van der Waals surface area contributed by atoms with Gasteiger partial charge in [-0.1, -0.05) is 11.6 Å². The van der Waals surface area contributed by atoms with Crippen LogP contribution in [0.15, 0.2) is 17.7 Å². The lowest BCUT2D eigenvalue weighted by molar-refractivity contribution is -0.138. The highest BCUT2D eigenvalue weighted by atomic mass is 16.6. The number of aliphatic hydroxyl groups is 1. The minimum atomic E-state index is -1.27. The fourth-order valence-electron chi connectivity index (χ4n) is 3.67. The number of carboxylic acid groups (broad SMARTS) is 1. The molecule has 0 bridgehead atoms. The molecule has 1 saturated heterocycles. The first-order valence-corrected chi connectivity index (χ1v) is 8.50. The van der Waals surface area contributed by atoms with Crippen LogP contribution in [0.2, 0.25) is 0 Å². The second-order valence-corrected chi connectivity index (χ2v) is 6.52. The van der Waals surface area contributed by atoms with Crippen LogP contribution >= 0.6 is 0 Å². The maximum atomic E-state index is 11.9. The molecule has 2 aliphatic heterocycles. The molecular formula is C19H22O7. The lowest BCUT2D eigenvalue weighted by Gasteiger charge is -2.24. The minimum absolute atomic E-state index is 0.0324. The summed E-state index contributed by atoms with van der Waals surface area (Å²) in [5.41, 5.74) is 3.30. The molecule has 2 unspecified atom stereocenters. The van der Waals surface area contributed by atoms with Crippen molar-refractivity contribution < 1.29 is 34.0 Å². The molecule has 0 aromatic heterocycles. The molecule has 2 N–H and O–H groups in total. The smallest absolute Gasteiger partial charge is 0.341 e. The molecule has 26 heavy (non-hydrogen) atoms. The molecule has 1 aromatic rings. The zero-order chi connectivity index (χ0) is 18.8. The third kappa shape index (κ3) is 3.45. The average molecular weight is 362 g/mol. The maximum absolute atomic E-state index is 11.9. The van der Waals surface area contributed by atoms with Crippen molar-refractivity contribution in [1.82, 2.24) is 0 Å². The number of rotatable bonds is 5. The van der Waals surface area contributed by atoms with E-state index in [0.717, 1.165) is 11.1 Å². The van der Waals surface area contributed by atoms with Crippen LogP contribution in [0.3, 0.4) is 0 Å². The topological polar surface area (TPSA) is 102 Å². The van der Waals surface area contributed by atoms with Gasteiger partial charge in [0.05, 0.1) is 32.3 Å². The Bertz CT molecular complexity index is 766. The van der Waals surface area contributed by atoms with Gasteiger partial charge in [-0.15, -0.1) is 0 Å². The molecular weight excluding hydrogens is 340 g/mol. The maximum Gasteiger partial charge on any atom is 0.341 e. The molecule has 1 fully saturated rings. The zero-order valence-electron chi connectivity index (χ0n) is 14.8. The zero-order valence-corrected chi connectivity index (χ0v) is 14.8. The quantitative estimate of drug-likeness (QED) is 0.611. The van der Waals surface area contributed by atoms with Gasteiger partial charge in [0, 0.05) is 17.0 Å². The molecule has 1 aromatic carbocycles. The van der Waals surface area contributed by atoms with Gasteiger partial charge in [0.1, 0.15) is 5.75 Å². The molecule has 0 amide bonds. The number of esters is 1. The summed E-state index contributed by atoms with van der Waals surface area (Å²) in [6.07, 6.45) is 1.94. The first-order chi connectivity index (χ1) is 12.4. The summed E-state index contributed by atoms with van der Waals surface area (Å²) >= 11 is 0. The summed E-state index contributed by atoms with van der Waals surface area (Å²) in [6, 6.07) is 1.68. The number of hydrogen-bond donors (Lipinski definition) is 2. The summed E-state index contributed by atoms with van der Waals surface area (Å²) in [5.74, 6) is -0.953. The van der Waals surface area contributed by atoms with Gasteiger partial charge in [0.25, 0.3) is 0 Å². The van der Waals surface area contributed by atoms with E-state index in [1.165, 1.54) is 7.11 Å². The van der Waals surface area contributed by atoms with Crippen LogP contribution < -0.4 is 4.74 Å². The van der Waals surface area contributed by atoms with E-state index in [-0.39, 0.29) is 12.3 Å². The van der Waals surface area contributed by atoms with Crippen LogP contribution in [0.1, 0.15) is 46.2 Å². The largest absolute Gasteiger partial charge is 0.496 e. The molecule has 0 spiro atoms. The predicted molar refractivity (Wildman–Crippen MR) is 91.1 cm³/mol. The molecule has 0 aliphatic carbocycles. The van der Waals surface area contributed by atoms with Gasteiger partial charge in [-0.2, -0.15) is 0 Å². The number of aliphatic hydroxyl groups excluding tert-OH is 1. The summed E-state index contributed by atoms with van der Waals surface area (Å²) in [6.45, 7) is 2.75. The summed E-state index contributed by atoms with van der Waals surface area (Å²) in [4.78, 5) is 23.0. The highest BCUT2D eigenvalue weighted by Crippen LogP contribution is 2.39. The van der Waals surface area contributed by atoms with Gasteiger partial charge in [0.15, 0.2) is 0 Å². The monoisotopic (exact) mass is 362 g/mol. The Balaban J connectivity index is 1.92. The molecule has 0 radical (unpaired) electrons. The van der Waals surface area contributed by atoms with Gasteiger partial charge >= 0.3 is 11.9 Å². The van der Waals surface area contributed by atoms with Gasteiger partial charge in [0.2, 0.25) is 6.29 Å². The van der Waals surface area contributed by atoms with Crippen molar-refractivity contribution in [3.8, 4) is 5.75 Å². The lowest BCUT2D eigenvalue weighted by Crippen LogP contribution is -2.23. The number of carbonyl (C=O) groups is 2. The van der Waals surface area contributed by atoms with E-state index in [9.17, 15) is 14.7 Å². The number of carbonyl (C=O) groups excluding carboxylic acids is 1. The van der Waals surface area contributed by atoms with Crippen LogP contribution in [0, 0.1) is 12.8 Å². The number of hydrogen-bond acceptors (Lipinski definition) is 6. The Morgan fingerprint density at radius 2 is 2.23 bits per heavy atom. The van der Waals surface area contributed by atoms with Crippen molar-refractivity contribution in [1.29, 1.82) is 0 Å². The van der Waals surface area contributed by atoms with E-state index in [2.05, 4.69) is 0 Å². The lowest BCUT2D eigenvalue weighted by atomic mass is 9.89. The van der Waals surface area contributed by atoms with Gasteiger partial charge < -0.3 is 24.4 Å². The third-order valence-corrected chi connectivity index (χ3v) is 4.92. The third-order valence-electron chi connectivity index (χ3n) is 4.92. The number of fused-ring (bicyclic) bond motifs is 1.